The maximum Gasteiger partial charge on any atom is 0.233 e. The van der Waals surface area contributed by atoms with Gasteiger partial charge in [0.2, 0.25) is 11.8 Å². The Kier molecular flexibility index (Phi) is 2.10. The van der Waals surface area contributed by atoms with Crippen LogP contribution in [0.1, 0.15) is 33.1 Å². The number of hydrogen-bond acceptors (Lipinski definition) is 3. The average molecular weight is 197 g/mol. The maximum atomic E-state index is 11.7. The highest BCUT2D eigenvalue weighted by Gasteiger charge is 2.50. The SMILES string of the molecule is CC1CC2(CC(=O)NC2=O)CC(C)O1. The van der Waals surface area contributed by atoms with Crippen LogP contribution in [-0.2, 0) is 14.3 Å². The number of ether oxygens (including phenoxy) is 1. The van der Waals surface area contributed by atoms with Gasteiger partial charge in [-0.3, -0.25) is 14.9 Å². The van der Waals surface area contributed by atoms with Crippen LogP contribution in [0, 0.1) is 5.41 Å². The van der Waals surface area contributed by atoms with Gasteiger partial charge in [-0.25, -0.2) is 0 Å². The molecule has 0 aromatic carbocycles. The topological polar surface area (TPSA) is 55.4 Å². The highest BCUT2D eigenvalue weighted by molar-refractivity contribution is 6.05. The first kappa shape index (κ1) is 9.65. The van der Waals surface area contributed by atoms with Gasteiger partial charge in [-0.2, -0.15) is 0 Å². The van der Waals surface area contributed by atoms with Crippen molar-refractivity contribution in [2.45, 2.75) is 45.3 Å². The maximum absolute atomic E-state index is 11.7. The minimum atomic E-state index is -0.478. The molecule has 2 unspecified atom stereocenters. The van der Waals surface area contributed by atoms with Crippen LogP contribution in [0.5, 0.6) is 0 Å². The molecule has 0 aromatic heterocycles. The predicted octanol–water partition coefficient (Wildman–Crippen LogP) is 0.607. The van der Waals surface area contributed by atoms with Crippen molar-refractivity contribution in [3.05, 3.63) is 0 Å². The fourth-order valence-corrected chi connectivity index (χ4v) is 2.70. The molecule has 4 nitrogen and oxygen atoms in total. The minimum Gasteiger partial charge on any atom is -0.375 e. The lowest BCUT2D eigenvalue weighted by atomic mass is 9.74. The summed E-state index contributed by atoms with van der Waals surface area (Å²) in [5.41, 5.74) is -0.478. The van der Waals surface area contributed by atoms with Gasteiger partial charge in [-0.1, -0.05) is 0 Å². The molecule has 2 saturated heterocycles. The van der Waals surface area contributed by atoms with Gasteiger partial charge in [0.25, 0.3) is 0 Å². The van der Waals surface area contributed by atoms with Crippen LogP contribution >= 0.6 is 0 Å². The summed E-state index contributed by atoms with van der Waals surface area (Å²) >= 11 is 0. The monoisotopic (exact) mass is 197 g/mol. The van der Waals surface area contributed by atoms with E-state index in [0.717, 1.165) is 0 Å². The van der Waals surface area contributed by atoms with Crippen LogP contribution in [-0.4, -0.2) is 24.0 Å². The molecular formula is C10H15NO3. The fourth-order valence-electron chi connectivity index (χ4n) is 2.70. The normalized spacial score (nSPS) is 43.0. The Balaban J connectivity index is 2.22. The lowest BCUT2D eigenvalue weighted by Gasteiger charge is -2.37. The molecule has 0 aliphatic carbocycles. The molecule has 1 spiro atoms. The molecule has 2 rings (SSSR count). The van der Waals surface area contributed by atoms with Crippen molar-refractivity contribution in [1.82, 2.24) is 5.32 Å². The number of carbonyl (C=O) groups is 2. The lowest BCUT2D eigenvalue weighted by Crippen LogP contribution is -2.42. The second-order valence-electron chi connectivity index (χ2n) is 4.50. The largest absolute Gasteiger partial charge is 0.375 e. The smallest absolute Gasteiger partial charge is 0.233 e. The van der Waals surface area contributed by atoms with E-state index in [1.54, 1.807) is 0 Å². The number of carbonyl (C=O) groups excluding carboxylic acids is 2. The van der Waals surface area contributed by atoms with Crippen molar-refractivity contribution in [2.24, 2.45) is 5.41 Å². The van der Waals surface area contributed by atoms with E-state index in [2.05, 4.69) is 5.32 Å². The van der Waals surface area contributed by atoms with E-state index in [1.807, 2.05) is 13.8 Å². The third-order valence-corrected chi connectivity index (χ3v) is 3.05. The Hall–Kier alpha value is -0.900. The number of nitrogens with one attached hydrogen (secondary N) is 1. The molecule has 1 N–H and O–H groups in total. The van der Waals surface area contributed by atoms with Gasteiger partial charge in [0, 0.05) is 6.42 Å². The Morgan fingerprint density at radius 2 is 1.86 bits per heavy atom. The molecule has 0 saturated carbocycles. The van der Waals surface area contributed by atoms with Crippen LogP contribution in [0.15, 0.2) is 0 Å². The molecule has 0 bridgehead atoms. The summed E-state index contributed by atoms with van der Waals surface area (Å²) in [5, 5.41) is 2.38. The van der Waals surface area contributed by atoms with Gasteiger partial charge in [0.05, 0.1) is 17.6 Å². The van der Waals surface area contributed by atoms with Crippen molar-refractivity contribution in [3.63, 3.8) is 0 Å². The van der Waals surface area contributed by atoms with Crippen LogP contribution < -0.4 is 5.32 Å². The third-order valence-electron chi connectivity index (χ3n) is 3.05. The summed E-state index contributed by atoms with van der Waals surface area (Å²) in [5.74, 6) is -0.249. The first-order chi connectivity index (χ1) is 6.52. The number of amides is 2. The van der Waals surface area contributed by atoms with Gasteiger partial charge < -0.3 is 4.74 Å². The first-order valence-electron chi connectivity index (χ1n) is 5.02. The van der Waals surface area contributed by atoms with E-state index in [4.69, 9.17) is 4.74 Å². The van der Waals surface area contributed by atoms with Gasteiger partial charge in [-0.05, 0) is 26.7 Å². The molecule has 2 heterocycles. The number of rotatable bonds is 0. The van der Waals surface area contributed by atoms with E-state index in [1.165, 1.54) is 0 Å². The molecule has 2 aliphatic rings. The van der Waals surface area contributed by atoms with Gasteiger partial charge in [-0.15, -0.1) is 0 Å². The minimum absolute atomic E-state index is 0.0652. The van der Waals surface area contributed by atoms with Crippen molar-refractivity contribution >= 4 is 11.8 Å². The van der Waals surface area contributed by atoms with Gasteiger partial charge in [0.1, 0.15) is 0 Å². The molecule has 2 atom stereocenters. The molecule has 0 radical (unpaired) electrons. The molecule has 4 heteroatoms. The van der Waals surface area contributed by atoms with E-state index < -0.39 is 5.41 Å². The van der Waals surface area contributed by atoms with Crippen molar-refractivity contribution in [2.75, 3.05) is 0 Å². The summed E-state index contributed by atoms with van der Waals surface area (Å²) < 4.78 is 5.57. The Morgan fingerprint density at radius 3 is 2.29 bits per heavy atom. The standard InChI is InChI=1S/C10H15NO3/c1-6-3-10(4-7(2)14-6)5-8(12)11-9(10)13/h6-7H,3-5H2,1-2H3,(H,11,12,13). The molecule has 14 heavy (non-hydrogen) atoms. The molecular weight excluding hydrogens is 182 g/mol. The molecule has 2 fully saturated rings. The van der Waals surface area contributed by atoms with E-state index in [0.29, 0.717) is 19.3 Å². The van der Waals surface area contributed by atoms with Crippen LogP contribution in [0.2, 0.25) is 0 Å². The van der Waals surface area contributed by atoms with Crippen molar-refractivity contribution in [3.8, 4) is 0 Å². The summed E-state index contributed by atoms with van der Waals surface area (Å²) in [7, 11) is 0. The molecule has 0 aromatic rings. The number of hydrogen-bond donors (Lipinski definition) is 1. The molecule has 78 valence electrons. The average Bonchev–Trinajstić information content (AvgIpc) is 2.23. The van der Waals surface area contributed by atoms with Crippen molar-refractivity contribution < 1.29 is 14.3 Å². The highest BCUT2D eigenvalue weighted by atomic mass is 16.5. The zero-order chi connectivity index (χ0) is 10.3. The number of imide groups is 1. The Bertz CT molecular complexity index is 277. The quantitative estimate of drug-likeness (QED) is 0.579. The first-order valence-corrected chi connectivity index (χ1v) is 5.02. The van der Waals surface area contributed by atoms with Crippen LogP contribution in [0.25, 0.3) is 0 Å². The Morgan fingerprint density at radius 1 is 1.29 bits per heavy atom. The van der Waals surface area contributed by atoms with E-state index in [-0.39, 0.29) is 24.0 Å². The van der Waals surface area contributed by atoms with Crippen molar-refractivity contribution in [1.29, 1.82) is 0 Å². The van der Waals surface area contributed by atoms with Gasteiger partial charge in [0.15, 0.2) is 0 Å². The second-order valence-corrected chi connectivity index (χ2v) is 4.50. The van der Waals surface area contributed by atoms with Crippen LogP contribution in [0.3, 0.4) is 0 Å². The molecule has 2 aliphatic heterocycles. The summed E-state index contributed by atoms with van der Waals surface area (Å²) in [4.78, 5) is 22.8. The summed E-state index contributed by atoms with van der Waals surface area (Å²) in [6, 6.07) is 0. The lowest BCUT2D eigenvalue weighted by molar-refractivity contribution is -0.141. The summed E-state index contributed by atoms with van der Waals surface area (Å²) in [6.45, 7) is 3.90. The Labute approximate surface area is 83.0 Å². The fraction of sp³-hybridized carbons (Fsp3) is 0.800. The predicted molar refractivity (Wildman–Crippen MR) is 49.4 cm³/mol. The van der Waals surface area contributed by atoms with E-state index in [9.17, 15) is 9.59 Å². The van der Waals surface area contributed by atoms with Gasteiger partial charge >= 0.3 is 0 Å². The summed E-state index contributed by atoms with van der Waals surface area (Å²) in [6.07, 6.45) is 1.79. The van der Waals surface area contributed by atoms with Crippen LogP contribution in [0.4, 0.5) is 0 Å². The third kappa shape index (κ3) is 1.43. The zero-order valence-corrected chi connectivity index (χ0v) is 8.50. The second kappa shape index (κ2) is 3.05. The highest BCUT2D eigenvalue weighted by Crippen LogP contribution is 2.42. The zero-order valence-electron chi connectivity index (χ0n) is 8.50. The molecule has 2 amide bonds. The van der Waals surface area contributed by atoms with E-state index >= 15 is 0 Å².